The number of carboxylic acid groups (broad SMARTS) is 1. The summed E-state index contributed by atoms with van der Waals surface area (Å²) in [5.41, 5.74) is 0.385. The van der Waals surface area contributed by atoms with Crippen molar-refractivity contribution < 1.29 is 24.2 Å². The molecule has 142 valence electrons. The van der Waals surface area contributed by atoms with E-state index in [4.69, 9.17) is 9.47 Å². The molecular weight excluding hydrogens is 336 g/mol. The predicted octanol–water partition coefficient (Wildman–Crippen LogP) is 1.72. The minimum Gasteiger partial charge on any atom is -0.497 e. The maximum Gasteiger partial charge on any atom is 0.335 e. The normalized spacial score (nSPS) is 21.4. The summed E-state index contributed by atoms with van der Waals surface area (Å²) in [6.07, 6.45) is 3.20. The highest BCUT2D eigenvalue weighted by Gasteiger charge is 2.26. The molecule has 0 spiro atoms. The number of ether oxygens (including phenoxy) is 2. The first-order chi connectivity index (χ1) is 12.6. The number of hydrogen-bond acceptors (Lipinski definition) is 5. The summed E-state index contributed by atoms with van der Waals surface area (Å²) in [5.74, 6) is -0.889. The molecule has 0 aliphatic carbocycles. The Hall–Kier alpha value is -2.12. The summed E-state index contributed by atoms with van der Waals surface area (Å²) >= 11 is 0. The van der Waals surface area contributed by atoms with Gasteiger partial charge in [-0.2, -0.15) is 0 Å². The lowest BCUT2D eigenvalue weighted by atomic mass is 10.1. The van der Waals surface area contributed by atoms with Crippen molar-refractivity contribution in [1.29, 1.82) is 0 Å². The van der Waals surface area contributed by atoms with Gasteiger partial charge >= 0.3 is 5.97 Å². The summed E-state index contributed by atoms with van der Waals surface area (Å²) in [7, 11) is 1.46. The SMILES string of the molecule is COc1cc(C(=O)O)cc(C(=O)N2CCCO[C@@H](CN3CCCC3)C2)c1. The van der Waals surface area contributed by atoms with Gasteiger partial charge in [-0.25, -0.2) is 4.79 Å². The molecule has 2 fully saturated rings. The number of likely N-dealkylation sites (tertiary alicyclic amines) is 1. The lowest BCUT2D eigenvalue weighted by molar-refractivity contribution is 0.0297. The van der Waals surface area contributed by atoms with Crippen LogP contribution in [0, 0.1) is 0 Å². The number of hydrogen-bond donors (Lipinski definition) is 1. The molecule has 0 radical (unpaired) electrons. The summed E-state index contributed by atoms with van der Waals surface area (Å²) in [4.78, 5) is 28.5. The number of methoxy groups -OCH3 is 1. The minimum absolute atomic E-state index is 0.0101. The van der Waals surface area contributed by atoms with Gasteiger partial charge in [0.05, 0.1) is 18.8 Å². The summed E-state index contributed by atoms with van der Waals surface area (Å²) in [6.45, 7) is 4.78. The van der Waals surface area contributed by atoms with Crippen LogP contribution in [0.2, 0.25) is 0 Å². The summed E-state index contributed by atoms with van der Waals surface area (Å²) in [6, 6.07) is 4.42. The molecule has 2 heterocycles. The standard InChI is InChI=1S/C19H26N2O5/c1-25-16-10-14(9-15(11-16)19(23)24)18(22)21-7-4-8-26-17(13-21)12-20-5-2-3-6-20/h9-11,17H,2-8,12-13H2,1H3,(H,23,24)/t17-/m0/s1. The molecule has 2 aliphatic heterocycles. The molecule has 0 unspecified atom stereocenters. The summed E-state index contributed by atoms with van der Waals surface area (Å²) in [5, 5.41) is 9.26. The molecule has 1 aromatic carbocycles. The van der Waals surface area contributed by atoms with Crippen LogP contribution >= 0.6 is 0 Å². The van der Waals surface area contributed by atoms with E-state index in [1.807, 2.05) is 0 Å². The Labute approximate surface area is 153 Å². The molecule has 1 N–H and O–H groups in total. The first-order valence-corrected chi connectivity index (χ1v) is 9.12. The lowest BCUT2D eigenvalue weighted by Gasteiger charge is -2.27. The molecule has 0 saturated carbocycles. The van der Waals surface area contributed by atoms with E-state index in [0.29, 0.717) is 31.0 Å². The number of carbonyl (C=O) groups is 2. The first kappa shape index (κ1) is 18.7. The number of carboxylic acids is 1. The molecule has 1 amide bonds. The van der Waals surface area contributed by atoms with E-state index in [9.17, 15) is 14.7 Å². The fourth-order valence-corrected chi connectivity index (χ4v) is 3.59. The quantitative estimate of drug-likeness (QED) is 0.859. The monoisotopic (exact) mass is 362 g/mol. The molecular formula is C19H26N2O5. The number of carbonyl (C=O) groups excluding carboxylic acids is 1. The van der Waals surface area contributed by atoms with Gasteiger partial charge in [0.1, 0.15) is 5.75 Å². The molecule has 1 atom stereocenters. The number of benzene rings is 1. The van der Waals surface area contributed by atoms with Crippen molar-refractivity contribution in [3.8, 4) is 5.75 Å². The van der Waals surface area contributed by atoms with Gasteiger partial charge in [-0.1, -0.05) is 0 Å². The van der Waals surface area contributed by atoms with Gasteiger partial charge in [0.15, 0.2) is 0 Å². The number of nitrogens with zero attached hydrogens (tertiary/aromatic N) is 2. The Balaban J connectivity index is 1.74. The van der Waals surface area contributed by atoms with Crippen LogP contribution in [0.15, 0.2) is 18.2 Å². The number of aromatic carboxylic acids is 1. The van der Waals surface area contributed by atoms with Crippen molar-refractivity contribution in [2.75, 3.05) is 46.4 Å². The van der Waals surface area contributed by atoms with E-state index in [2.05, 4.69) is 4.90 Å². The van der Waals surface area contributed by atoms with Crippen LogP contribution in [0.3, 0.4) is 0 Å². The molecule has 2 saturated heterocycles. The lowest BCUT2D eigenvalue weighted by Crippen LogP contribution is -2.41. The van der Waals surface area contributed by atoms with E-state index < -0.39 is 5.97 Å². The number of amides is 1. The molecule has 7 nitrogen and oxygen atoms in total. The van der Waals surface area contributed by atoms with E-state index >= 15 is 0 Å². The summed E-state index contributed by atoms with van der Waals surface area (Å²) < 4.78 is 11.1. The highest BCUT2D eigenvalue weighted by molar-refractivity contribution is 5.98. The second-order valence-corrected chi connectivity index (χ2v) is 6.86. The van der Waals surface area contributed by atoms with Gasteiger partial charge in [0.25, 0.3) is 5.91 Å². The van der Waals surface area contributed by atoms with Crippen LogP contribution in [-0.4, -0.2) is 79.3 Å². The Morgan fingerprint density at radius 3 is 2.58 bits per heavy atom. The molecule has 1 aromatic rings. The maximum atomic E-state index is 13.0. The van der Waals surface area contributed by atoms with Gasteiger partial charge in [-0.15, -0.1) is 0 Å². The molecule has 0 bridgehead atoms. The maximum absolute atomic E-state index is 13.0. The van der Waals surface area contributed by atoms with E-state index in [-0.39, 0.29) is 17.6 Å². The fourth-order valence-electron chi connectivity index (χ4n) is 3.59. The Bertz CT molecular complexity index is 657. The van der Waals surface area contributed by atoms with Crippen molar-refractivity contribution in [2.24, 2.45) is 0 Å². The average molecular weight is 362 g/mol. The van der Waals surface area contributed by atoms with E-state index in [0.717, 1.165) is 26.1 Å². The highest BCUT2D eigenvalue weighted by Crippen LogP contribution is 2.20. The third-order valence-electron chi connectivity index (χ3n) is 4.93. The van der Waals surface area contributed by atoms with Crippen molar-refractivity contribution in [3.05, 3.63) is 29.3 Å². The second kappa shape index (κ2) is 8.51. The molecule has 7 heteroatoms. The van der Waals surface area contributed by atoms with Gasteiger partial charge in [-0.3, -0.25) is 4.79 Å². The number of rotatable bonds is 5. The molecule has 2 aliphatic rings. The largest absolute Gasteiger partial charge is 0.497 e. The third kappa shape index (κ3) is 4.53. The zero-order chi connectivity index (χ0) is 18.5. The van der Waals surface area contributed by atoms with Crippen LogP contribution in [0.1, 0.15) is 40.0 Å². The molecule has 3 rings (SSSR count). The van der Waals surface area contributed by atoms with Gasteiger partial charge in [0, 0.05) is 31.8 Å². The Morgan fingerprint density at radius 1 is 1.15 bits per heavy atom. The van der Waals surface area contributed by atoms with Crippen LogP contribution < -0.4 is 4.74 Å². The smallest absolute Gasteiger partial charge is 0.335 e. The zero-order valence-electron chi connectivity index (χ0n) is 15.1. The average Bonchev–Trinajstić information content (AvgIpc) is 3.04. The van der Waals surface area contributed by atoms with Crippen LogP contribution in [0.5, 0.6) is 5.75 Å². The Kier molecular flexibility index (Phi) is 6.11. The van der Waals surface area contributed by atoms with Crippen molar-refractivity contribution in [1.82, 2.24) is 9.80 Å². The van der Waals surface area contributed by atoms with Crippen molar-refractivity contribution in [2.45, 2.75) is 25.4 Å². The van der Waals surface area contributed by atoms with Gasteiger partial charge in [0.2, 0.25) is 0 Å². The van der Waals surface area contributed by atoms with Crippen LogP contribution in [0.4, 0.5) is 0 Å². The topological polar surface area (TPSA) is 79.3 Å². The van der Waals surface area contributed by atoms with Crippen molar-refractivity contribution >= 4 is 11.9 Å². The van der Waals surface area contributed by atoms with E-state index in [1.54, 1.807) is 11.0 Å². The van der Waals surface area contributed by atoms with Gasteiger partial charge in [-0.05, 0) is 50.6 Å². The Morgan fingerprint density at radius 2 is 1.88 bits per heavy atom. The van der Waals surface area contributed by atoms with Crippen molar-refractivity contribution in [3.63, 3.8) is 0 Å². The predicted molar refractivity (Wildman–Crippen MR) is 95.9 cm³/mol. The highest BCUT2D eigenvalue weighted by atomic mass is 16.5. The minimum atomic E-state index is -1.08. The van der Waals surface area contributed by atoms with Gasteiger partial charge < -0.3 is 24.4 Å². The third-order valence-corrected chi connectivity index (χ3v) is 4.93. The van der Waals surface area contributed by atoms with E-state index in [1.165, 1.54) is 32.1 Å². The zero-order valence-corrected chi connectivity index (χ0v) is 15.1. The molecule has 26 heavy (non-hydrogen) atoms. The molecule has 0 aromatic heterocycles. The van der Waals surface area contributed by atoms with Crippen LogP contribution in [0.25, 0.3) is 0 Å². The van der Waals surface area contributed by atoms with Crippen LogP contribution in [-0.2, 0) is 4.74 Å². The second-order valence-electron chi connectivity index (χ2n) is 6.86. The fraction of sp³-hybridized carbons (Fsp3) is 0.579. The first-order valence-electron chi connectivity index (χ1n) is 9.12.